The first-order valence-electron chi connectivity index (χ1n) is 13.2. The first kappa shape index (κ1) is 25.2. The van der Waals surface area contributed by atoms with E-state index >= 15 is 0 Å². The molecule has 2 aromatic heterocycles. The van der Waals surface area contributed by atoms with Crippen LogP contribution in [0.15, 0.2) is 67.0 Å². The van der Waals surface area contributed by atoms with E-state index in [0.29, 0.717) is 19.4 Å². The summed E-state index contributed by atoms with van der Waals surface area (Å²) < 4.78 is 0. The Morgan fingerprint density at radius 1 is 0.947 bits per heavy atom. The van der Waals surface area contributed by atoms with E-state index in [9.17, 15) is 9.59 Å². The summed E-state index contributed by atoms with van der Waals surface area (Å²) in [6, 6.07) is 18.5. The third kappa shape index (κ3) is 5.11. The fourth-order valence-electron chi connectivity index (χ4n) is 5.91. The zero-order valence-corrected chi connectivity index (χ0v) is 22.1. The number of pyridine rings is 2. The molecule has 2 unspecified atom stereocenters. The second-order valence-corrected chi connectivity index (χ2v) is 10.8. The third-order valence-electron chi connectivity index (χ3n) is 7.88. The smallest absolute Gasteiger partial charge is 0.243 e. The molecule has 1 aromatic carbocycles. The number of imide groups is 1. The number of benzene rings is 1. The van der Waals surface area contributed by atoms with Gasteiger partial charge in [-0.05, 0) is 47.4 Å². The zero-order valence-electron chi connectivity index (χ0n) is 21.2. The van der Waals surface area contributed by atoms with Gasteiger partial charge in [0, 0.05) is 58.1 Å². The lowest BCUT2D eigenvalue weighted by atomic mass is 10.0. The minimum atomic E-state index is -0.315. The predicted octanol–water partition coefficient (Wildman–Crippen LogP) is 2.93. The number of piperazine rings is 1. The first-order chi connectivity index (χ1) is 18.6. The number of thiol groups is 1. The van der Waals surface area contributed by atoms with Gasteiger partial charge in [0.2, 0.25) is 11.8 Å². The average Bonchev–Trinajstić information content (AvgIpc) is 3.26. The average molecular weight is 529 g/mol. The van der Waals surface area contributed by atoms with Crippen molar-refractivity contribution in [3.8, 4) is 0 Å². The van der Waals surface area contributed by atoms with Crippen LogP contribution in [-0.4, -0.2) is 68.7 Å². The van der Waals surface area contributed by atoms with Crippen molar-refractivity contribution in [3.05, 3.63) is 95.1 Å². The fourth-order valence-corrected chi connectivity index (χ4v) is 6.39. The molecule has 8 nitrogen and oxygen atoms in total. The van der Waals surface area contributed by atoms with Crippen LogP contribution in [-0.2, 0) is 22.7 Å². The Kier molecular flexibility index (Phi) is 7.25. The van der Waals surface area contributed by atoms with Gasteiger partial charge in [-0.25, -0.2) is 0 Å². The van der Waals surface area contributed by atoms with Crippen molar-refractivity contribution < 1.29 is 9.59 Å². The molecule has 9 heteroatoms. The van der Waals surface area contributed by atoms with Crippen LogP contribution in [0, 0.1) is 0 Å². The van der Waals surface area contributed by atoms with E-state index in [0.717, 1.165) is 44.1 Å². The fraction of sp³-hybridized carbons (Fsp3) is 0.379. The molecule has 38 heavy (non-hydrogen) atoms. The van der Waals surface area contributed by atoms with Crippen LogP contribution in [0.2, 0.25) is 0 Å². The van der Waals surface area contributed by atoms with Crippen molar-refractivity contribution in [3.63, 3.8) is 0 Å². The molecule has 2 atom stereocenters. The molecule has 0 bridgehead atoms. The quantitative estimate of drug-likeness (QED) is 0.376. The summed E-state index contributed by atoms with van der Waals surface area (Å²) >= 11 is 4.89. The van der Waals surface area contributed by atoms with Crippen molar-refractivity contribution in [2.24, 2.45) is 0 Å². The molecule has 0 radical (unpaired) electrons. The number of hydrogen-bond donors (Lipinski definition) is 2. The lowest BCUT2D eigenvalue weighted by Gasteiger charge is -2.39. The molecule has 0 spiro atoms. The maximum Gasteiger partial charge on any atom is 0.243 e. The summed E-state index contributed by atoms with van der Waals surface area (Å²) in [4.78, 5) is 40.4. The number of aromatic nitrogens is 2. The highest BCUT2D eigenvalue weighted by atomic mass is 32.1. The highest BCUT2D eigenvalue weighted by Crippen LogP contribution is 2.39. The number of piperidine rings is 1. The number of nitrogens with zero attached hydrogens (tertiary/aromatic N) is 5. The van der Waals surface area contributed by atoms with Crippen LogP contribution in [0.1, 0.15) is 52.3 Å². The number of hydrogen-bond acceptors (Lipinski definition) is 8. The van der Waals surface area contributed by atoms with Crippen molar-refractivity contribution >= 4 is 24.4 Å². The SMILES string of the molecule is O=C1CCC(N2Cc3ccc(CN4CCN(C(c5ccccn5)c5ccccn5)CC4)cc3C2S)C(=O)N1. The molecule has 0 saturated carbocycles. The standard InChI is InChI=1S/C29H32N6O2S/c36-26-10-9-25(28(37)32-26)35-19-21-8-7-20(17-22(21)29(35)38)18-33-13-15-34(16-14-33)27(23-5-1-3-11-30-23)24-6-2-4-12-31-24/h1-8,11-12,17,25,27,29,38H,9-10,13-16,18-19H2,(H,32,36,37). The van der Waals surface area contributed by atoms with Crippen LogP contribution in [0.4, 0.5) is 0 Å². The molecule has 2 fully saturated rings. The van der Waals surface area contributed by atoms with Crippen molar-refractivity contribution in [2.75, 3.05) is 26.2 Å². The van der Waals surface area contributed by atoms with Gasteiger partial charge in [0.15, 0.2) is 0 Å². The molecular weight excluding hydrogens is 496 g/mol. The van der Waals surface area contributed by atoms with Gasteiger partial charge in [0.05, 0.1) is 28.8 Å². The minimum absolute atomic E-state index is 0.0442. The van der Waals surface area contributed by atoms with Crippen LogP contribution < -0.4 is 5.32 Å². The largest absolute Gasteiger partial charge is 0.297 e. The highest BCUT2D eigenvalue weighted by Gasteiger charge is 2.39. The van der Waals surface area contributed by atoms with Gasteiger partial charge in [0.25, 0.3) is 0 Å². The molecule has 6 rings (SSSR count). The van der Waals surface area contributed by atoms with Gasteiger partial charge < -0.3 is 0 Å². The Hall–Kier alpha value is -3.11. The summed E-state index contributed by atoms with van der Waals surface area (Å²) in [6.45, 7) is 5.33. The van der Waals surface area contributed by atoms with Crippen LogP contribution >= 0.6 is 12.6 Å². The lowest BCUT2D eigenvalue weighted by Crippen LogP contribution is -2.51. The molecule has 3 aromatic rings. The van der Waals surface area contributed by atoms with E-state index in [4.69, 9.17) is 12.6 Å². The molecule has 196 valence electrons. The van der Waals surface area contributed by atoms with Crippen LogP contribution in [0.25, 0.3) is 0 Å². The zero-order chi connectivity index (χ0) is 26.1. The molecule has 3 aliphatic rings. The van der Waals surface area contributed by atoms with Crippen molar-refractivity contribution in [1.29, 1.82) is 0 Å². The van der Waals surface area contributed by atoms with E-state index in [1.807, 2.05) is 36.7 Å². The molecule has 5 heterocycles. The lowest BCUT2D eigenvalue weighted by molar-refractivity contribution is -0.137. The summed E-state index contributed by atoms with van der Waals surface area (Å²) in [5, 5.41) is 2.33. The second kappa shape index (κ2) is 10.9. The minimum Gasteiger partial charge on any atom is -0.297 e. The van der Waals surface area contributed by atoms with Crippen molar-refractivity contribution in [2.45, 2.75) is 43.4 Å². The van der Waals surface area contributed by atoms with Gasteiger partial charge in [0.1, 0.15) is 0 Å². The van der Waals surface area contributed by atoms with E-state index < -0.39 is 0 Å². The molecule has 2 saturated heterocycles. The maximum atomic E-state index is 12.4. The van der Waals surface area contributed by atoms with E-state index in [2.05, 4.69) is 60.3 Å². The Labute approximate surface area is 228 Å². The summed E-state index contributed by atoms with van der Waals surface area (Å²) in [5.41, 5.74) is 5.68. The van der Waals surface area contributed by atoms with Crippen LogP contribution in [0.3, 0.4) is 0 Å². The topological polar surface area (TPSA) is 81.7 Å². The Bertz CT molecular complexity index is 1260. The van der Waals surface area contributed by atoms with Crippen molar-refractivity contribution in [1.82, 2.24) is 30.0 Å². The first-order valence-corrected chi connectivity index (χ1v) is 13.8. The van der Waals surface area contributed by atoms with Gasteiger partial charge in [-0.3, -0.25) is 39.6 Å². The molecule has 2 amide bonds. The number of nitrogens with one attached hydrogen (secondary N) is 1. The summed E-state index contributed by atoms with van der Waals surface area (Å²) in [6.07, 6.45) is 4.63. The summed E-state index contributed by atoms with van der Waals surface area (Å²) in [5.74, 6) is -0.395. The maximum absolute atomic E-state index is 12.4. The Morgan fingerprint density at radius 2 is 1.66 bits per heavy atom. The van der Waals surface area contributed by atoms with E-state index in [1.165, 1.54) is 16.7 Å². The van der Waals surface area contributed by atoms with Gasteiger partial charge in [-0.2, -0.15) is 12.6 Å². The molecule has 3 aliphatic heterocycles. The van der Waals surface area contributed by atoms with E-state index in [-0.39, 0.29) is 29.3 Å². The molecule has 0 aliphatic carbocycles. The number of carbonyl (C=O) groups is 2. The van der Waals surface area contributed by atoms with Gasteiger partial charge in [-0.1, -0.05) is 30.3 Å². The number of fused-ring (bicyclic) bond motifs is 1. The highest BCUT2D eigenvalue weighted by molar-refractivity contribution is 7.80. The number of carbonyl (C=O) groups excluding carboxylic acids is 2. The number of amides is 2. The summed E-state index contributed by atoms with van der Waals surface area (Å²) in [7, 11) is 0. The third-order valence-corrected chi connectivity index (χ3v) is 8.45. The van der Waals surface area contributed by atoms with Crippen LogP contribution in [0.5, 0.6) is 0 Å². The second-order valence-electron chi connectivity index (χ2n) is 10.3. The Morgan fingerprint density at radius 3 is 2.29 bits per heavy atom. The normalized spacial score (nSPS) is 23.0. The van der Waals surface area contributed by atoms with E-state index in [1.54, 1.807) is 0 Å². The monoisotopic (exact) mass is 528 g/mol. The molecule has 1 N–H and O–H groups in total. The Balaban J connectivity index is 1.11. The number of rotatable bonds is 6. The molecular formula is C29H32N6O2S. The predicted molar refractivity (Wildman–Crippen MR) is 147 cm³/mol. The van der Waals surface area contributed by atoms with Gasteiger partial charge in [-0.15, -0.1) is 0 Å². The van der Waals surface area contributed by atoms with Gasteiger partial charge >= 0.3 is 0 Å².